The van der Waals surface area contributed by atoms with Crippen LogP contribution in [-0.4, -0.2) is 9.55 Å². The maximum absolute atomic E-state index is 11.7. The van der Waals surface area contributed by atoms with Gasteiger partial charge in [0.05, 0.1) is 6.54 Å². The molecule has 0 bridgehead atoms. The highest BCUT2D eigenvalue weighted by Crippen LogP contribution is 2.12. The summed E-state index contributed by atoms with van der Waals surface area (Å²) in [7, 11) is 0. The van der Waals surface area contributed by atoms with Crippen LogP contribution in [0.15, 0.2) is 44.5 Å². The van der Waals surface area contributed by atoms with Gasteiger partial charge in [-0.3, -0.25) is 14.3 Å². The van der Waals surface area contributed by atoms with Crippen molar-refractivity contribution < 1.29 is 0 Å². The fourth-order valence-electron chi connectivity index (χ4n) is 1.76. The van der Waals surface area contributed by atoms with E-state index in [-0.39, 0.29) is 11.2 Å². The minimum atomic E-state index is -0.378. The lowest BCUT2D eigenvalue weighted by molar-refractivity contribution is 0.707. The Hall–Kier alpha value is -1.62. The molecule has 1 aromatic heterocycles. The van der Waals surface area contributed by atoms with Crippen molar-refractivity contribution in [3.63, 3.8) is 0 Å². The highest BCUT2D eigenvalue weighted by molar-refractivity contribution is 9.10. The lowest BCUT2D eigenvalue weighted by atomic mass is 10.2. The van der Waals surface area contributed by atoms with Crippen molar-refractivity contribution in [1.82, 2.24) is 9.55 Å². The van der Waals surface area contributed by atoms with Crippen LogP contribution in [0.25, 0.3) is 0 Å². The third-order valence-electron chi connectivity index (χ3n) is 2.71. The van der Waals surface area contributed by atoms with Gasteiger partial charge in [0, 0.05) is 16.2 Å². The topological polar surface area (TPSA) is 54.9 Å². The molecule has 5 heteroatoms. The highest BCUT2D eigenvalue weighted by Gasteiger charge is 2.03. The number of aromatic amines is 1. The molecule has 1 N–H and O–H groups in total. The predicted octanol–water partition coefficient (Wildman–Crippen LogP) is 1.91. The van der Waals surface area contributed by atoms with Gasteiger partial charge in [0.25, 0.3) is 5.56 Å². The Morgan fingerprint density at radius 1 is 1.33 bits per heavy atom. The van der Waals surface area contributed by atoms with Gasteiger partial charge >= 0.3 is 5.69 Å². The minimum absolute atomic E-state index is 0.298. The number of hydrogen-bond donors (Lipinski definition) is 1. The van der Waals surface area contributed by atoms with E-state index in [2.05, 4.69) is 20.9 Å². The molecule has 18 heavy (non-hydrogen) atoms. The van der Waals surface area contributed by atoms with E-state index in [4.69, 9.17) is 0 Å². The molecule has 0 aliphatic rings. The molecule has 2 rings (SSSR count). The van der Waals surface area contributed by atoms with Gasteiger partial charge in [0.2, 0.25) is 0 Å². The fraction of sp³-hybridized carbons (Fsp3) is 0.231. The predicted molar refractivity (Wildman–Crippen MR) is 73.9 cm³/mol. The molecule has 0 amide bonds. The molecule has 1 aromatic carbocycles. The summed E-state index contributed by atoms with van der Waals surface area (Å²) in [6, 6.07) is 7.73. The zero-order valence-corrected chi connectivity index (χ0v) is 11.5. The molecule has 0 atom stereocenters. The van der Waals surface area contributed by atoms with E-state index in [1.165, 1.54) is 4.57 Å². The average molecular weight is 309 g/mol. The summed E-state index contributed by atoms with van der Waals surface area (Å²) in [6.45, 7) is 2.33. The van der Waals surface area contributed by atoms with Crippen molar-refractivity contribution in [3.05, 3.63) is 66.9 Å². The standard InChI is InChI=1S/C13H13BrN2O2/c1-2-10-8-16(13(18)15-12(10)17)7-9-4-3-5-11(14)6-9/h3-6,8H,2,7H2,1H3,(H,15,17,18). The number of nitrogens with one attached hydrogen (secondary N) is 1. The molecule has 0 radical (unpaired) electrons. The van der Waals surface area contributed by atoms with Crippen molar-refractivity contribution in [3.8, 4) is 0 Å². The number of rotatable bonds is 3. The van der Waals surface area contributed by atoms with E-state index in [1.807, 2.05) is 31.2 Å². The summed E-state index contributed by atoms with van der Waals surface area (Å²) in [5.41, 5.74) is 0.940. The lowest BCUT2D eigenvalue weighted by Crippen LogP contribution is -2.31. The van der Waals surface area contributed by atoms with E-state index in [0.29, 0.717) is 18.5 Å². The van der Waals surface area contributed by atoms with Crippen LogP contribution >= 0.6 is 15.9 Å². The van der Waals surface area contributed by atoms with Crippen LogP contribution in [0.3, 0.4) is 0 Å². The molecule has 4 nitrogen and oxygen atoms in total. The molecule has 2 aromatic rings. The number of halogens is 1. The normalized spacial score (nSPS) is 10.6. The summed E-state index contributed by atoms with van der Waals surface area (Å²) < 4.78 is 2.48. The number of benzene rings is 1. The average Bonchev–Trinajstić information content (AvgIpc) is 2.33. The van der Waals surface area contributed by atoms with Gasteiger partial charge in [-0.05, 0) is 24.1 Å². The van der Waals surface area contributed by atoms with Crippen LogP contribution in [-0.2, 0) is 13.0 Å². The molecular formula is C13H13BrN2O2. The van der Waals surface area contributed by atoms with E-state index in [1.54, 1.807) is 6.20 Å². The zero-order chi connectivity index (χ0) is 13.1. The molecule has 0 aliphatic carbocycles. The first kappa shape index (κ1) is 12.8. The number of aromatic nitrogens is 2. The summed E-state index contributed by atoms with van der Waals surface area (Å²) in [5.74, 6) is 0. The maximum Gasteiger partial charge on any atom is 0.328 e. The summed E-state index contributed by atoms with van der Waals surface area (Å²) in [6.07, 6.45) is 2.23. The molecule has 0 saturated carbocycles. The first-order valence-electron chi connectivity index (χ1n) is 5.67. The molecule has 94 valence electrons. The molecule has 0 aliphatic heterocycles. The zero-order valence-electron chi connectivity index (χ0n) is 9.94. The lowest BCUT2D eigenvalue weighted by Gasteiger charge is -2.07. The summed E-state index contributed by atoms with van der Waals surface area (Å²) in [5, 5.41) is 0. The van der Waals surface area contributed by atoms with Gasteiger partial charge in [-0.15, -0.1) is 0 Å². The quantitative estimate of drug-likeness (QED) is 0.941. The second-order valence-corrected chi connectivity index (χ2v) is 4.94. The Morgan fingerprint density at radius 3 is 2.78 bits per heavy atom. The Bertz CT molecular complexity index is 673. The number of aryl methyl sites for hydroxylation is 1. The monoisotopic (exact) mass is 308 g/mol. The van der Waals surface area contributed by atoms with E-state index < -0.39 is 0 Å². The third-order valence-corrected chi connectivity index (χ3v) is 3.20. The largest absolute Gasteiger partial charge is 0.328 e. The van der Waals surface area contributed by atoms with E-state index in [0.717, 1.165) is 10.0 Å². The van der Waals surface area contributed by atoms with Crippen molar-refractivity contribution in [1.29, 1.82) is 0 Å². The number of nitrogens with zero attached hydrogens (tertiary/aromatic N) is 1. The third kappa shape index (κ3) is 2.79. The second-order valence-electron chi connectivity index (χ2n) is 4.02. The van der Waals surface area contributed by atoms with Gasteiger partial charge in [0.15, 0.2) is 0 Å². The van der Waals surface area contributed by atoms with Crippen LogP contribution in [0.5, 0.6) is 0 Å². The Labute approximate surface area is 112 Å². The molecule has 0 spiro atoms. The van der Waals surface area contributed by atoms with Gasteiger partial charge in [-0.2, -0.15) is 0 Å². The second kappa shape index (κ2) is 5.35. The van der Waals surface area contributed by atoms with Crippen LogP contribution in [0, 0.1) is 0 Å². The van der Waals surface area contributed by atoms with Crippen LogP contribution in [0.1, 0.15) is 18.1 Å². The first-order chi connectivity index (χ1) is 8.60. The van der Waals surface area contributed by atoms with Crippen LogP contribution in [0.4, 0.5) is 0 Å². The summed E-state index contributed by atoms with van der Waals surface area (Å²) in [4.78, 5) is 25.5. The molecule has 1 heterocycles. The van der Waals surface area contributed by atoms with E-state index in [9.17, 15) is 9.59 Å². The van der Waals surface area contributed by atoms with Crippen LogP contribution in [0.2, 0.25) is 0 Å². The van der Waals surface area contributed by atoms with Gasteiger partial charge in [0.1, 0.15) is 0 Å². The van der Waals surface area contributed by atoms with Crippen LogP contribution < -0.4 is 11.2 Å². The fourth-order valence-corrected chi connectivity index (χ4v) is 2.20. The Balaban J connectivity index is 2.40. The molecule has 0 saturated heterocycles. The number of hydrogen-bond acceptors (Lipinski definition) is 2. The van der Waals surface area contributed by atoms with Gasteiger partial charge < -0.3 is 0 Å². The minimum Gasteiger partial charge on any atom is -0.296 e. The Morgan fingerprint density at radius 2 is 2.11 bits per heavy atom. The van der Waals surface area contributed by atoms with Crippen molar-refractivity contribution >= 4 is 15.9 Å². The molecular weight excluding hydrogens is 296 g/mol. The van der Waals surface area contributed by atoms with Crippen molar-refractivity contribution in [2.45, 2.75) is 19.9 Å². The molecule has 0 fully saturated rings. The SMILES string of the molecule is CCc1cn(Cc2cccc(Br)c2)c(=O)[nH]c1=O. The smallest absolute Gasteiger partial charge is 0.296 e. The molecule has 0 unspecified atom stereocenters. The van der Waals surface area contributed by atoms with E-state index >= 15 is 0 Å². The maximum atomic E-state index is 11.7. The summed E-state index contributed by atoms with van der Waals surface area (Å²) >= 11 is 3.39. The number of H-pyrrole nitrogens is 1. The Kier molecular flexibility index (Phi) is 3.81. The van der Waals surface area contributed by atoms with Crippen molar-refractivity contribution in [2.24, 2.45) is 0 Å². The highest BCUT2D eigenvalue weighted by atomic mass is 79.9. The first-order valence-corrected chi connectivity index (χ1v) is 6.46. The van der Waals surface area contributed by atoms with Crippen molar-refractivity contribution in [2.75, 3.05) is 0 Å². The van der Waals surface area contributed by atoms with Gasteiger partial charge in [-0.25, -0.2) is 4.79 Å². The van der Waals surface area contributed by atoms with Gasteiger partial charge in [-0.1, -0.05) is 35.0 Å².